The Hall–Kier alpha value is -2.80. The van der Waals surface area contributed by atoms with Gasteiger partial charge in [0.05, 0.1) is 11.1 Å². The standard InChI is InChI=1S/C21H21ClFNO5/c22-16-11-14(4-7-17(16)23)24-21(28)13-3-8-18(25)19(10-13)29-15-5-1-12(2-6-15)9-20(26)27/h3-4,7-8,10-12,15,25H,1-2,5-6,9H2,(H,24,28)(H,26,27). The van der Waals surface area contributed by atoms with Crippen LogP contribution in [0.3, 0.4) is 0 Å². The Labute approximate surface area is 172 Å². The lowest BCUT2D eigenvalue weighted by Crippen LogP contribution is -2.25. The number of ether oxygens (including phenoxy) is 1. The van der Waals surface area contributed by atoms with Gasteiger partial charge >= 0.3 is 5.97 Å². The van der Waals surface area contributed by atoms with Crippen molar-refractivity contribution in [3.63, 3.8) is 0 Å². The van der Waals surface area contributed by atoms with Crippen molar-refractivity contribution in [2.24, 2.45) is 5.92 Å². The maximum Gasteiger partial charge on any atom is 0.303 e. The summed E-state index contributed by atoms with van der Waals surface area (Å²) in [5, 5.41) is 21.5. The third kappa shape index (κ3) is 5.60. The highest BCUT2D eigenvalue weighted by Gasteiger charge is 2.25. The SMILES string of the molecule is O=C(O)CC1CCC(Oc2cc(C(=O)Nc3ccc(F)c(Cl)c3)ccc2O)CC1. The first kappa shape index (κ1) is 20.9. The van der Waals surface area contributed by atoms with Crippen LogP contribution in [0.4, 0.5) is 10.1 Å². The number of carboxylic acids is 1. The average molecular weight is 422 g/mol. The van der Waals surface area contributed by atoms with E-state index in [0.717, 1.165) is 18.9 Å². The summed E-state index contributed by atoms with van der Waals surface area (Å²) in [7, 11) is 0. The molecular formula is C21H21ClFNO5. The Morgan fingerprint density at radius 3 is 2.52 bits per heavy atom. The summed E-state index contributed by atoms with van der Waals surface area (Å²) in [6.45, 7) is 0. The molecule has 0 heterocycles. The molecule has 0 aromatic heterocycles. The minimum Gasteiger partial charge on any atom is -0.504 e. The van der Waals surface area contributed by atoms with E-state index in [-0.39, 0.29) is 40.5 Å². The van der Waals surface area contributed by atoms with Crippen LogP contribution < -0.4 is 10.1 Å². The number of benzene rings is 2. The van der Waals surface area contributed by atoms with Crippen molar-refractivity contribution < 1.29 is 28.9 Å². The molecule has 29 heavy (non-hydrogen) atoms. The second kappa shape index (κ2) is 9.13. The quantitative estimate of drug-likeness (QED) is 0.619. The molecule has 0 saturated heterocycles. The number of carbonyl (C=O) groups is 2. The van der Waals surface area contributed by atoms with Crippen LogP contribution in [-0.2, 0) is 4.79 Å². The predicted octanol–water partition coefficient (Wildman–Crippen LogP) is 4.85. The molecule has 2 aromatic carbocycles. The van der Waals surface area contributed by atoms with Crippen molar-refractivity contribution in [3.05, 3.63) is 52.8 Å². The summed E-state index contributed by atoms with van der Waals surface area (Å²) in [5.41, 5.74) is 0.603. The Kier molecular flexibility index (Phi) is 6.59. The van der Waals surface area contributed by atoms with E-state index < -0.39 is 17.7 Å². The van der Waals surface area contributed by atoms with Crippen LogP contribution in [0.1, 0.15) is 42.5 Å². The van der Waals surface area contributed by atoms with Crippen molar-refractivity contribution in [3.8, 4) is 11.5 Å². The molecule has 1 fully saturated rings. The number of carbonyl (C=O) groups excluding carboxylic acids is 1. The van der Waals surface area contributed by atoms with E-state index >= 15 is 0 Å². The van der Waals surface area contributed by atoms with Gasteiger partial charge in [0.1, 0.15) is 5.82 Å². The van der Waals surface area contributed by atoms with Crippen molar-refractivity contribution in [1.82, 2.24) is 0 Å². The third-order valence-corrected chi connectivity index (χ3v) is 5.24. The lowest BCUT2D eigenvalue weighted by Gasteiger charge is -2.28. The molecule has 154 valence electrons. The van der Waals surface area contributed by atoms with Gasteiger partial charge in [-0.2, -0.15) is 0 Å². The predicted molar refractivity (Wildman–Crippen MR) is 106 cm³/mol. The van der Waals surface area contributed by atoms with Crippen LogP contribution in [0.25, 0.3) is 0 Å². The maximum absolute atomic E-state index is 13.2. The third-order valence-electron chi connectivity index (χ3n) is 4.95. The fourth-order valence-electron chi connectivity index (χ4n) is 3.41. The minimum atomic E-state index is -0.798. The monoisotopic (exact) mass is 421 g/mol. The summed E-state index contributed by atoms with van der Waals surface area (Å²) in [5.74, 6) is -1.59. The van der Waals surface area contributed by atoms with Crippen LogP contribution in [-0.4, -0.2) is 28.2 Å². The number of aliphatic carboxylic acids is 1. The molecule has 2 aromatic rings. The second-order valence-corrected chi connectivity index (χ2v) is 7.53. The zero-order chi connectivity index (χ0) is 21.0. The van der Waals surface area contributed by atoms with Gasteiger partial charge in [-0.1, -0.05) is 11.6 Å². The highest BCUT2D eigenvalue weighted by Crippen LogP contribution is 2.34. The van der Waals surface area contributed by atoms with Crippen molar-refractivity contribution in [2.75, 3.05) is 5.32 Å². The molecule has 8 heteroatoms. The van der Waals surface area contributed by atoms with E-state index in [1.165, 1.54) is 30.3 Å². The van der Waals surface area contributed by atoms with Gasteiger partial charge < -0.3 is 20.3 Å². The van der Waals surface area contributed by atoms with Crippen LogP contribution in [0.2, 0.25) is 5.02 Å². The molecule has 0 atom stereocenters. The smallest absolute Gasteiger partial charge is 0.303 e. The fourth-order valence-corrected chi connectivity index (χ4v) is 3.59. The number of rotatable bonds is 6. The number of anilines is 1. The summed E-state index contributed by atoms with van der Waals surface area (Å²) in [6, 6.07) is 8.13. The minimum absolute atomic E-state index is 0.0842. The lowest BCUT2D eigenvalue weighted by atomic mass is 9.85. The highest BCUT2D eigenvalue weighted by molar-refractivity contribution is 6.31. The summed E-state index contributed by atoms with van der Waals surface area (Å²) < 4.78 is 19.1. The van der Waals surface area contributed by atoms with Crippen LogP contribution in [0.5, 0.6) is 11.5 Å². The Balaban J connectivity index is 1.64. The molecule has 1 amide bonds. The Bertz CT molecular complexity index is 912. The Morgan fingerprint density at radius 1 is 1.14 bits per heavy atom. The molecule has 3 N–H and O–H groups in total. The molecule has 0 bridgehead atoms. The van der Waals surface area contributed by atoms with E-state index in [2.05, 4.69) is 5.32 Å². The lowest BCUT2D eigenvalue weighted by molar-refractivity contribution is -0.138. The van der Waals surface area contributed by atoms with E-state index in [1.807, 2.05) is 0 Å². The molecule has 3 rings (SSSR count). The first-order chi connectivity index (χ1) is 13.8. The van der Waals surface area contributed by atoms with E-state index in [1.54, 1.807) is 0 Å². The van der Waals surface area contributed by atoms with Gasteiger partial charge in [-0.3, -0.25) is 9.59 Å². The number of hydrogen-bond acceptors (Lipinski definition) is 4. The average Bonchev–Trinajstić information content (AvgIpc) is 2.67. The normalized spacial score (nSPS) is 18.8. The van der Waals surface area contributed by atoms with E-state index in [4.69, 9.17) is 21.4 Å². The number of aromatic hydroxyl groups is 1. The molecule has 0 aliphatic heterocycles. The zero-order valence-corrected chi connectivity index (χ0v) is 16.3. The molecule has 0 radical (unpaired) electrons. The number of halogens is 2. The number of carboxylic acid groups (broad SMARTS) is 1. The van der Waals surface area contributed by atoms with Crippen LogP contribution >= 0.6 is 11.6 Å². The summed E-state index contributed by atoms with van der Waals surface area (Å²) >= 11 is 5.72. The van der Waals surface area contributed by atoms with Crippen LogP contribution in [0.15, 0.2) is 36.4 Å². The zero-order valence-electron chi connectivity index (χ0n) is 15.5. The first-order valence-corrected chi connectivity index (χ1v) is 9.67. The molecule has 0 unspecified atom stereocenters. The van der Waals surface area contributed by atoms with Gasteiger partial charge in [-0.05, 0) is 68.0 Å². The molecule has 1 aliphatic carbocycles. The van der Waals surface area contributed by atoms with Crippen molar-refractivity contribution in [1.29, 1.82) is 0 Å². The van der Waals surface area contributed by atoms with Gasteiger partial charge in [-0.15, -0.1) is 0 Å². The maximum atomic E-state index is 13.2. The topological polar surface area (TPSA) is 95.9 Å². The first-order valence-electron chi connectivity index (χ1n) is 9.29. The van der Waals surface area contributed by atoms with Gasteiger partial charge in [-0.25, -0.2) is 4.39 Å². The van der Waals surface area contributed by atoms with Gasteiger partial charge in [0, 0.05) is 17.7 Å². The number of hydrogen-bond donors (Lipinski definition) is 3. The molecule has 1 saturated carbocycles. The van der Waals surface area contributed by atoms with Crippen molar-refractivity contribution >= 4 is 29.2 Å². The van der Waals surface area contributed by atoms with Gasteiger partial charge in [0.2, 0.25) is 0 Å². The van der Waals surface area contributed by atoms with Gasteiger partial charge in [0.15, 0.2) is 11.5 Å². The van der Waals surface area contributed by atoms with E-state index in [0.29, 0.717) is 18.5 Å². The van der Waals surface area contributed by atoms with Gasteiger partial charge in [0.25, 0.3) is 5.91 Å². The Morgan fingerprint density at radius 2 is 1.86 bits per heavy atom. The number of phenolic OH excluding ortho intramolecular Hbond substituents is 1. The molecule has 1 aliphatic rings. The van der Waals surface area contributed by atoms with Crippen LogP contribution in [0, 0.1) is 11.7 Å². The van der Waals surface area contributed by atoms with Crippen molar-refractivity contribution in [2.45, 2.75) is 38.2 Å². The molecule has 6 nitrogen and oxygen atoms in total. The van der Waals surface area contributed by atoms with E-state index in [9.17, 15) is 19.1 Å². The molecular weight excluding hydrogens is 401 g/mol. The summed E-state index contributed by atoms with van der Waals surface area (Å²) in [6.07, 6.45) is 2.84. The number of amides is 1. The fraction of sp³-hybridized carbons (Fsp3) is 0.333. The highest BCUT2D eigenvalue weighted by atomic mass is 35.5. The molecule has 0 spiro atoms. The largest absolute Gasteiger partial charge is 0.504 e. The number of phenols is 1. The second-order valence-electron chi connectivity index (χ2n) is 7.12. The summed E-state index contributed by atoms with van der Waals surface area (Å²) in [4.78, 5) is 23.3. The number of nitrogens with one attached hydrogen (secondary N) is 1.